The first-order valence-electron chi connectivity index (χ1n) is 5.81. The number of sulfonamides is 1. The molecular weight excluding hydrogens is 238 g/mol. The van der Waals surface area contributed by atoms with E-state index >= 15 is 0 Å². The van der Waals surface area contributed by atoms with Crippen LogP contribution in [0.15, 0.2) is 18.3 Å². The maximum absolute atomic E-state index is 12.1. The average Bonchev–Trinajstić information content (AvgIpc) is 2.33. The summed E-state index contributed by atoms with van der Waals surface area (Å²) in [5.74, 6) is 0.338. The van der Waals surface area contributed by atoms with Crippen molar-refractivity contribution in [2.24, 2.45) is 0 Å². The van der Waals surface area contributed by atoms with E-state index in [0.717, 1.165) is 32.1 Å². The van der Waals surface area contributed by atoms with Crippen molar-refractivity contribution < 1.29 is 8.42 Å². The standard InChI is InChI=1S/C11H17N3O2S/c12-9-6-7-11(13-8-9)14-17(15,16)10-4-2-1-3-5-10/h6-8,10H,1-5,12H2,(H,13,14). The van der Waals surface area contributed by atoms with Crippen LogP contribution in [0.1, 0.15) is 32.1 Å². The summed E-state index contributed by atoms with van der Waals surface area (Å²) >= 11 is 0. The van der Waals surface area contributed by atoms with Gasteiger partial charge in [0.05, 0.1) is 17.1 Å². The molecule has 5 nitrogen and oxygen atoms in total. The van der Waals surface area contributed by atoms with Gasteiger partial charge in [-0.1, -0.05) is 19.3 Å². The summed E-state index contributed by atoms with van der Waals surface area (Å²) < 4.78 is 26.6. The molecule has 94 valence electrons. The number of nitrogens with zero attached hydrogens (tertiary/aromatic N) is 1. The maximum Gasteiger partial charge on any atom is 0.236 e. The number of nitrogens with one attached hydrogen (secondary N) is 1. The zero-order valence-corrected chi connectivity index (χ0v) is 10.4. The van der Waals surface area contributed by atoms with Crippen LogP contribution in [0.2, 0.25) is 0 Å². The Labute approximate surface area is 101 Å². The van der Waals surface area contributed by atoms with Crippen LogP contribution in [0.5, 0.6) is 0 Å². The number of nitrogens with two attached hydrogens (primary N) is 1. The van der Waals surface area contributed by atoms with E-state index in [4.69, 9.17) is 5.73 Å². The Kier molecular flexibility index (Phi) is 3.51. The quantitative estimate of drug-likeness (QED) is 0.861. The van der Waals surface area contributed by atoms with E-state index in [-0.39, 0.29) is 5.25 Å². The SMILES string of the molecule is Nc1ccc(NS(=O)(=O)C2CCCCC2)nc1. The summed E-state index contributed by atoms with van der Waals surface area (Å²) in [6, 6.07) is 3.21. The van der Waals surface area contributed by atoms with Gasteiger partial charge in [-0.25, -0.2) is 13.4 Å². The third-order valence-electron chi connectivity index (χ3n) is 3.02. The molecule has 1 aliphatic rings. The van der Waals surface area contributed by atoms with Crippen LogP contribution in [-0.4, -0.2) is 18.7 Å². The lowest BCUT2D eigenvalue weighted by Crippen LogP contribution is -2.30. The van der Waals surface area contributed by atoms with Crippen molar-refractivity contribution in [2.75, 3.05) is 10.5 Å². The third-order valence-corrected chi connectivity index (χ3v) is 4.87. The molecule has 1 heterocycles. The van der Waals surface area contributed by atoms with Crippen LogP contribution in [0.4, 0.5) is 11.5 Å². The van der Waals surface area contributed by atoms with E-state index in [1.165, 1.54) is 6.20 Å². The lowest BCUT2D eigenvalue weighted by atomic mass is 10.0. The van der Waals surface area contributed by atoms with Crippen molar-refractivity contribution >= 4 is 21.5 Å². The topological polar surface area (TPSA) is 85.1 Å². The lowest BCUT2D eigenvalue weighted by Gasteiger charge is -2.22. The molecule has 17 heavy (non-hydrogen) atoms. The number of hydrogen-bond donors (Lipinski definition) is 2. The van der Waals surface area contributed by atoms with Gasteiger partial charge in [-0.3, -0.25) is 4.72 Å². The Hall–Kier alpha value is -1.30. The molecule has 1 fully saturated rings. The molecule has 1 aromatic rings. The van der Waals surface area contributed by atoms with Crippen molar-refractivity contribution in [3.05, 3.63) is 18.3 Å². The van der Waals surface area contributed by atoms with Crippen LogP contribution in [0, 0.1) is 0 Å². The van der Waals surface area contributed by atoms with Crippen molar-refractivity contribution in [3.8, 4) is 0 Å². The summed E-state index contributed by atoms with van der Waals surface area (Å²) in [5.41, 5.74) is 6.01. The van der Waals surface area contributed by atoms with Crippen molar-refractivity contribution in [2.45, 2.75) is 37.4 Å². The third kappa shape index (κ3) is 3.09. The fourth-order valence-electron chi connectivity index (χ4n) is 2.07. The predicted octanol–water partition coefficient (Wildman–Crippen LogP) is 1.74. The molecule has 1 saturated carbocycles. The fraction of sp³-hybridized carbons (Fsp3) is 0.545. The fourth-order valence-corrected chi connectivity index (χ4v) is 3.60. The summed E-state index contributed by atoms with van der Waals surface area (Å²) in [6.45, 7) is 0. The summed E-state index contributed by atoms with van der Waals surface area (Å²) in [5, 5.41) is -0.282. The van der Waals surface area contributed by atoms with Gasteiger partial charge in [0.2, 0.25) is 10.0 Å². The number of anilines is 2. The minimum absolute atomic E-state index is 0.282. The van der Waals surface area contributed by atoms with Gasteiger partial charge >= 0.3 is 0 Å². The second kappa shape index (κ2) is 4.91. The van der Waals surface area contributed by atoms with E-state index in [0.29, 0.717) is 11.5 Å². The highest BCUT2D eigenvalue weighted by atomic mass is 32.2. The Balaban J connectivity index is 2.08. The molecule has 0 bridgehead atoms. The molecule has 0 unspecified atom stereocenters. The molecule has 0 aromatic carbocycles. The molecule has 3 N–H and O–H groups in total. The monoisotopic (exact) mass is 255 g/mol. The highest BCUT2D eigenvalue weighted by Gasteiger charge is 2.27. The molecule has 1 aromatic heterocycles. The molecule has 0 spiro atoms. The van der Waals surface area contributed by atoms with E-state index < -0.39 is 10.0 Å². The maximum atomic E-state index is 12.1. The number of nitrogen functional groups attached to an aromatic ring is 1. The number of pyridine rings is 1. The highest BCUT2D eigenvalue weighted by molar-refractivity contribution is 7.93. The summed E-state index contributed by atoms with van der Waals surface area (Å²) in [6.07, 6.45) is 6.03. The first-order valence-corrected chi connectivity index (χ1v) is 7.36. The summed E-state index contributed by atoms with van der Waals surface area (Å²) in [7, 11) is -3.30. The van der Waals surface area contributed by atoms with E-state index in [1.807, 2.05) is 0 Å². The van der Waals surface area contributed by atoms with Crippen LogP contribution >= 0.6 is 0 Å². The van der Waals surface area contributed by atoms with E-state index in [9.17, 15) is 8.42 Å². The Bertz CT molecular complexity index is 464. The van der Waals surface area contributed by atoms with Gasteiger partial charge in [0.1, 0.15) is 5.82 Å². The second-order valence-corrected chi connectivity index (χ2v) is 6.34. The zero-order chi connectivity index (χ0) is 12.3. The van der Waals surface area contributed by atoms with Gasteiger partial charge in [-0.2, -0.15) is 0 Å². The zero-order valence-electron chi connectivity index (χ0n) is 9.59. The lowest BCUT2D eigenvalue weighted by molar-refractivity contribution is 0.486. The molecule has 0 saturated heterocycles. The second-order valence-electron chi connectivity index (χ2n) is 4.38. The van der Waals surface area contributed by atoms with Crippen molar-refractivity contribution in [3.63, 3.8) is 0 Å². The molecule has 0 amide bonds. The van der Waals surface area contributed by atoms with Crippen molar-refractivity contribution in [1.82, 2.24) is 4.98 Å². The normalized spacial score (nSPS) is 17.9. The minimum atomic E-state index is -3.30. The van der Waals surface area contributed by atoms with Gasteiger partial charge in [0.15, 0.2) is 0 Å². The van der Waals surface area contributed by atoms with Crippen LogP contribution in [0.25, 0.3) is 0 Å². The molecule has 6 heteroatoms. The summed E-state index contributed by atoms with van der Waals surface area (Å²) in [4.78, 5) is 3.94. The van der Waals surface area contributed by atoms with Gasteiger partial charge < -0.3 is 5.73 Å². The van der Waals surface area contributed by atoms with Crippen LogP contribution in [-0.2, 0) is 10.0 Å². The molecule has 0 radical (unpaired) electrons. The number of aromatic nitrogens is 1. The Morgan fingerprint density at radius 1 is 1.24 bits per heavy atom. The first-order chi connectivity index (χ1) is 8.08. The Morgan fingerprint density at radius 3 is 2.53 bits per heavy atom. The van der Waals surface area contributed by atoms with Gasteiger partial charge in [0.25, 0.3) is 0 Å². The van der Waals surface area contributed by atoms with E-state index in [1.54, 1.807) is 12.1 Å². The van der Waals surface area contributed by atoms with Crippen LogP contribution < -0.4 is 10.5 Å². The van der Waals surface area contributed by atoms with Crippen LogP contribution in [0.3, 0.4) is 0 Å². The van der Waals surface area contributed by atoms with Gasteiger partial charge in [-0.05, 0) is 25.0 Å². The van der Waals surface area contributed by atoms with Gasteiger partial charge in [0, 0.05) is 0 Å². The Morgan fingerprint density at radius 2 is 1.94 bits per heavy atom. The van der Waals surface area contributed by atoms with E-state index in [2.05, 4.69) is 9.71 Å². The number of hydrogen-bond acceptors (Lipinski definition) is 4. The molecule has 1 aliphatic carbocycles. The molecule has 0 atom stereocenters. The molecule has 2 rings (SSSR count). The average molecular weight is 255 g/mol. The molecule has 0 aliphatic heterocycles. The van der Waals surface area contributed by atoms with Crippen molar-refractivity contribution in [1.29, 1.82) is 0 Å². The first kappa shape index (κ1) is 12.2. The highest BCUT2D eigenvalue weighted by Crippen LogP contribution is 2.24. The predicted molar refractivity (Wildman–Crippen MR) is 68.1 cm³/mol. The van der Waals surface area contributed by atoms with Gasteiger partial charge in [-0.15, -0.1) is 0 Å². The smallest absolute Gasteiger partial charge is 0.236 e. The largest absolute Gasteiger partial charge is 0.397 e. The minimum Gasteiger partial charge on any atom is -0.397 e. The number of rotatable bonds is 3. The molecular formula is C11H17N3O2S.